The molecule has 0 N–H and O–H groups in total. The van der Waals surface area contributed by atoms with Crippen molar-refractivity contribution in [2.45, 2.75) is 26.8 Å². The van der Waals surface area contributed by atoms with Gasteiger partial charge in [0.1, 0.15) is 17.8 Å². The Hall–Kier alpha value is -2.57. The molecule has 108 valence electrons. The quantitative estimate of drug-likeness (QED) is 0.788. The van der Waals surface area contributed by atoms with Crippen molar-refractivity contribution in [1.29, 1.82) is 0 Å². The molecule has 0 aromatic carbocycles. The number of carbonyl (C=O) groups is 1. The first-order valence-corrected chi connectivity index (χ1v) is 6.57. The summed E-state index contributed by atoms with van der Waals surface area (Å²) in [5, 5.41) is 12.1. The second-order valence-corrected chi connectivity index (χ2v) is 5.79. The number of aliphatic imine (C=N–C) groups is 1. The summed E-state index contributed by atoms with van der Waals surface area (Å²) in [6.07, 6.45) is 4.55. The van der Waals surface area contributed by atoms with E-state index in [1.54, 1.807) is 18.4 Å². The number of Topliss-reactive ketones (excluding diaryl/α,β-unsaturated/α-hetero) is 1. The minimum atomic E-state index is -0.746. The first kappa shape index (κ1) is 13.4. The maximum atomic E-state index is 12.6. The van der Waals surface area contributed by atoms with Crippen LogP contribution >= 0.6 is 0 Å². The van der Waals surface area contributed by atoms with Crippen LogP contribution in [0.1, 0.15) is 38.4 Å². The number of fused-ring (bicyclic) bond motifs is 1. The van der Waals surface area contributed by atoms with Crippen LogP contribution in [0.5, 0.6) is 0 Å². The number of hydrogen-bond acceptors (Lipinski definition) is 6. The molecular formula is C14H15N5O2. The van der Waals surface area contributed by atoms with Crippen LogP contribution in [0.3, 0.4) is 0 Å². The number of carbonyl (C=O) groups excluding carboxylic acids is 1. The molecule has 7 heteroatoms. The number of rotatable bonds is 2. The average molecular weight is 285 g/mol. The molecule has 0 saturated heterocycles. The van der Waals surface area contributed by atoms with E-state index in [9.17, 15) is 4.79 Å². The highest BCUT2D eigenvalue weighted by Crippen LogP contribution is 2.28. The van der Waals surface area contributed by atoms with Gasteiger partial charge in [0.05, 0.1) is 12.5 Å². The minimum absolute atomic E-state index is 0.161. The van der Waals surface area contributed by atoms with Gasteiger partial charge in [0.15, 0.2) is 11.9 Å². The van der Waals surface area contributed by atoms with Crippen molar-refractivity contribution in [3.63, 3.8) is 0 Å². The highest BCUT2D eigenvalue weighted by atomic mass is 16.3. The topological polar surface area (TPSA) is 85.6 Å². The molecule has 0 fully saturated rings. The van der Waals surface area contributed by atoms with Gasteiger partial charge in [-0.2, -0.15) is 5.10 Å². The van der Waals surface area contributed by atoms with E-state index in [1.165, 1.54) is 17.2 Å². The van der Waals surface area contributed by atoms with Gasteiger partial charge in [0, 0.05) is 5.41 Å². The molecular weight excluding hydrogens is 270 g/mol. The lowest BCUT2D eigenvalue weighted by Crippen LogP contribution is -2.37. The fourth-order valence-corrected chi connectivity index (χ4v) is 2.07. The maximum absolute atomic E-state index is 12.6. The second-order valence-electron chi connectivity index (χ2n) is 5.79. The number of furan rings is 1. The summed E-state index contributed by atoms with van der Waals surface area (Å²) in [7, 11) is 0. The normalized spacial score (nSPS) is 18.9. The first-order valence-electron chi connectivity index (χ1n) is 6.57. The van der Waals surface area contributed by atoms with Crippen LogP contribution in [0, 0.1) is 5.41 Å². The summed E-state index contributed by atoms with van der Waals surface area (Å²) in [6.45, 7) is 5.81. The molecule has 0 amide bonds. The van der Waals surface area contributed by atoms with Gasteiger partial charge in [-0.3, -0.25) is 9.79 Å². The van der Waals surface area contributed by atoms with Gasteiger partial charge in [-0.15, -0.1) is 10.2 Å². The van der Waals surface area contributed by atoms with E-state index in [1.807, 2.05) is 20.8 Å². The molecule has 3 heterocycles. The zero-order valence-corrected chi connectivity index (χ0v) is 12.0. The summed E-state index contributed by atoms with van der Waals surface area (Å²) in [6, 6.07) is 2.78. The number of nitrogens with zero attached hydrogens (tertiary/aromatic N) is 5. The Morgan fingerprint density at radius 3 is 2.90 bits per heavy atom. The van der Waals surface area contributed by atoms with Crippen LogP contribution in [0.25, 0.3) is 0 Å². The van der Waals surface area contributed by atoms with Gasteiger partial charge in [0.2, 0.25) is 5.78 Å². The van der Waals surface area contributed by atoms with Crippen LogP contribution in [0.15, 0.2) is 39.2 Å². The van der Waals surface area contributed by atoms with Gasteiger partial charge in [-0.1, -0.05) is 20.8 Å². The van der Waals surface area contributed by atoms with Crippen molar-refractivity contribution in [3.05, 3.63) is 36.3 Å². The molecule has 2 aromatic heterocycles. The average Bonchev–Trinajstić information content (AvgIpc) is 3.06. The highest BCUT2D eigenvalue weighted by Gasteiger charge is 2.38. The Morgan fingerprint density at radius 1 is 1.43 bits per heavy atom. The van der Waals surface area contributed by atoms with Gasteiger partial charge in [0.25, 0.3) is 0 Å². The monoisotopic (exact) mass is 285 g/mol. The lowest BCUT2D eigenvalue weighted by Gasteiger charge is -2.25. The van der Waals surface area contributed by atoms with Crippen molar-refractivity contribution >= 4 is 17.7 Å². The van der Waals surface area contributed by atoms with E-state index in [0.717, 1.165) is 0 Å². The third-order valence-electron chi connectivity index (χ3n) is 3.09. The second kappa shape index (κ2) is 4.76. The molecule has 3 rings (SSSR count). The molecule has 7 nitrogen and oxygen atoms in total. The predicted octanol–water partition coefficient (Wildman–Crippen LogP) is 1.86. The molecule has 1 unspecified atom stereocenters. The van der Waals surface area contributed by atoms with Crippen molar-refractivity contribution in [2.24, 2.45) is 15.5 Å². The van der Waals surface area contributed by atoms with Crippen molar-refractivity contribution in [3.8, 4) is 0 Å². The maximum Gasteiger partial charge on any atom is 0.211 e. The van der Waals surface area contributed by atoms with E-state index in [2.05, 4.69) is 20.3 Å². The minimum Gasteiger partial charge on any atom is -0.463 e. The highest BCUT2D eigenvalue weighted by molar-refractivity contribution is 6.43. The van der Waals surface area contributed by atoms with Crippen LogP contribution in [-0.2, 0) is 4.79 Å². The van der Waals surface area contributed by atoms with Gasteiger partial charge in [-0.05, 0) is 12.1 Å². The molecule has 1 atom stereocenters. The Morgan fingerprint density at radius 2 is 2.24 bits per heavy atom. The molecule has 0 spiro atoms. The van der Waals surface area contributed by atoms with E-state index in [4.69, 9.17) is 4.42 Å². The lowest BCUT2D eigenvalue weighted by molar-refractivity contribution is -0.115. The molecule has 0 radical (unpaired) electrons. The lowest BCUT2D eigenvalue weighted by atomic mass is 9.84. The van der Waals surface area contributed by atoms with Crippen LogP contribution in [0.4, 0.5) is 0 Å². The Bertz CT molecular complexity index is 719. The van der Waals surface area contributed by atoms with Crippen molar-refractivity contribution < 1.29 is 9.21 Å². The SMILES string of the molecule is CC(C)(C)C1=Nn2cnnc2C(N=Cc2ccco2)C1=O. The van der Waals surface area contributed by atoms with E-state index in [0.29, 0.717) is 17.3 Å². The first-order chi connectivity index (χ1) is 9.97. The standard InChI is InChI=1S/C14H15N5O2/c1-14(2,3)12-11(20)10(13-17-16-8-19(13)18-12)15-7-9-5-4-6-21-9/h4-8,10H,1-3H3. The Balaban J connectivity index is 2.01. The molecule has 1 aliphatic heterocycles. The van der Waals surface area contributed by atoms with E-state index in [-0.39, 0.29) is 11.2 Å². The fourth-order valence-electron chi connectivity index (χ4n) is 2.07. The number of ketones is 1. The Kier molecular flexibility index (Phi) is 3.04. The number of hydrogen-bond donors (Lipinski definition) is 0. The fraction of sp³-hybridized carbons (Fsp3) is 0.357. The summed E-state index contributed by atoms with van der Waals surface area (Å²) in [5.74, 6) is 0.829. The molecule has 0 bridgehead atoms. The van der Waals surface area contributed by atoms with Gasteiger partial charge in [-0.25, -0.2) is 4.68 Å². The molecule has 2 aromatic rings. The van der Waals surface area contributed by atoms with E-state index >= 15 is 0 Å². The van der Waals surface area contributed by atoms with Crippen molar-refractivity contribution in [2.75, 3.05) is 0 Å². The third kappa shape index (κ3) is 2.42. The summed E-state index contributed by atoms with van der Waals surface area (Å²) < 4.78 is 6.70. The van der Waals surface area contributed by atoms with Crippen LogP contribution in [-0.4, -0.2) is 32.6 Å². The molecule has 21 heavy (non-hydrogen) atoms. The van der Waals surface area contributed by atoms with Gasteiger partial charge < -0.3 is 4.42 Å². The molecule has 0 aliphatic carbocycles. The Labute approximate surface area is 121 Å². The van der Waals surface area contributed by atoms with Crippen molar-refractivity contribution in [1.82, 2.24) is 14.9 Å². The third-order valence-corrected chi connectivity index (χ3v) is 3.09. The summed E-state index contributed by atoms with van der Waals surface area (Å²) in [4.78, 5) is 16.9. The zero-order chi connectivity index (χ0) is 15.0. The zero-order valence-electron chi connectivity index (χ0n) is 12.0. The molecule has 1 aliphatic rings. The van der Waals surface area contributed by atoms with E-state index < -0.39 is 6.04 Å². The van der Waals surface area contributed by atoms with Crippen LogP contribution < -0.4 is 0 Å². The molecule has 0 saturated carbocycles. The van der Waals surface area contributed by atoms with Crippen LogP contribution in [0.2, 0.25) is 0 Å². The van der Waals surface area contributed by atoms with Gasteiger partial charge >= 0.3 is 0 Å². The summed E-state index contributed by atoms with van der Waals surface area (Å²) >= 11 is 0. The predicted molar refractivity (Wildman–Crippen MR) is 76.4 cm³/mol. The largest absolute Gasteiger partial charge is 0.463 e. The summed E-state index contributed by atoms with van der Waals surface area (Å²) in [5.41, 5.74) is 0.0775. The number of aromatic nitrogens is 3. The smallest absolute Gasteiger partial charge is 0.211 e.